The van der Waals surface area contributed by atoms with E-state index in [0.29, 0.717) is 12.4 Å². The molecule has 0 bridgehead atoms. The number of aliphatic carboxylic acids is 1. The molecule has 1 aromatic heterocycles. The molecule has 9 nitrogen and oxygen atoms in total. The number of carbonyl (C=O) groups excluding carboxylic acids is 1. The SMILES string of the molecule is COc1ncc(-c2ccc(C[C@@H](C#N)NC(=O)[C@@H]3CCCCN3)cc2)cn1.O=C(O)C(F)(F)F. The van der Waals surface area contributed by atoms with Crippen molar-refractivity contribution < 1.29 is 32.6 Å². The summed E-state index contributed by atoms with van der Waals surface area (Å²) in [5.74, 6) is -2.85. The second-order valence-electron chi connectivity index (χ2n) is 7.36. The van der Waals surface area contributed by atoms with Gasteiger partial charge < -0.3 is 20.5 Å². The van der Waals surface area contributed by atoms with E-state index in [9.17, 15) is 23.2 Å². The molecule has 3 N–H and O–H groups in total. The summed E-state index contributed by atoms with van der Waals surface area (Å²) < 4.78 is 36.7. The number of methoxy groups -OCH3 is 1. The molecule has 0 spiro atoms. The summed E-state index contributed by atoms with van der Waals surface area (Å²) in [6.45, 7) is 0.853. The van der Waals surface area contributed by atoms with Gasteiger partial charge in [-0.15, -0.1) is 0 Å². The van der Waals surface area contributed by atoms with Crippen LogP contribution in [0.1, 0.15) is 24.8 Å². The van der Waals surface area contributed by atoms with Gasteiger partial charge in [0, 0.05) is 24.4 Å². The second kappa shape index (κ2) is 12.5. The first kappa shape index (κ1) is 26.5. The van der Waals surface area contributed by atoms with Crippen LogP contribution in [0.25, 0.3) is 11.1 Å². The molecule has 3 rings (SSSR count). The monoisotopic (exact) mass is 479 g/mol. The molecule has 1 amide bonds. The first-order chi connectivity index (χ1) is 16.1. The third kappa shape index (κ3) is 8.32. The number of ether oxygens (including phenoxy) is 1. The summed E-state index contributed by atoms with van der Waals surface area (Å²) in [6.07, 6.45) is 1.75. The van der Waals surface area contributed by atoms with Crippen molar-refractivity contribution in [2.45, 2.75) is 43.9 Å². The fourth-order valence-corrected chi connectivity index (χ4v) is 3.12. The smallest absolute Gasteiger partial charge is 0.475 e. The van der Waals surface area contributed by atoms with Crippen molar-refractivity contribution in [3.63, 3.8) is 0 Å². The van der Waals surface area contributed by atoms with E-state index in [-0.39, 0.29) is 11.9 Å². The summed E-state index contributed by atoms with van der Waals surface area (Å²) in [5.41, 5.74) is 2.85. The zero-order valence-electron chi connectivity index (χ0n) is 18.3. The number of halogens is 3. The number of alkyl halides is 3. The van der Waals surface area contributed by atoms with E-state index in [0.717, 1.165) is 42.5 Å². The van der Waals surface area contributed by atoms with E-state index in [1.165, 1.54) is 7.11 Å². The van der Waals surface area contributed by atoms with Gasteiger partial charge in [-0.25, -0.2) is 14.8 Å². The lowest BCUT2D eigenvalue weighted by Crippen LogP contribution is -2.49. The Bertz CT molecular complexity index is 986. The molecule has 0 radical (unpaired) electrons. The van der Waals surface area contributed by atoms with Crippen molar-refractivity contribution in [1.29, 1.82) is 5.26 Å². The van der Waals surface area contributed by atoms with Gasteiger partial charge in [-0.2, -0.15) is 18.4 Å². The highest BCUT2D eigenvalue weighted by Crippen LogP contribution is 2.20. The largest absolute Gasteiger partial charge is 0.490 e. The molecular formula is C22H24F3N5O4. The Kier molecular flexibility index (Phi) is 9.76. The molecule has 1 aliphatic rings. The Hall–Kier alpha value is -3.72. The van der Waals surface area contributed by atoms with Crippen LogP contribution in [0, 0.1) is 11.3 Å². The zero-order chi connectivity index (χ0) is 25.1. The maximum Gasteiger partial charge on any atom is 0.490 e. The molecule has 0 aliphatic carbocycles. The lowest BCUT2D eigenvalue weighted by Gasteiger charge is -2.23. The van der Waals surface area contributed by atoms with Gasteiger partial charge >= 0.3 is 18.2 Å². The van der Waals surface area contributed by atoms with Gasteiger partial charge in [-0.1, -0.05) is 30.7 Å². The third-order valence-corrected chi connectivity index (χ3v) is 4.88. The van der Waals surface area contributed by atoms with Crippen molar-refractivity contribution >= 4 is 11.9 Å². The number of aromatic nitrogens is 2. The number of amides is 1. The molecule has 1 fully saturated rings. The lowest BCUT2D eigenvalue weighted by atomic mass is 10.0. The molecular weight excluding hydrogens is 455 g/mol. The van der Waals surface area contributed by atoms with Crippen LogP contribution < -0.4 is 15.4 Å². The van der Waals surface area contributed by atoms with Gasteiger partial charge in [0.2, 0.25) is 5.91 Å². The number of hydrogen-bond donors (Lipinski definition) is 3. The van der Waals surface area contributed by atoms with Crippen LogP contribution in [0.5, 0.6) is 6.01 Å². The average Bonchev–Trinajstić information content (AvgIpc) is 2.84. The van der Waals surface area contributed by atoms with Crippen LogP contribution in [0.4, 0.5) is 13.2 Å². The molecule has 2 aromatic rings. The first-order valence-electron chi connectivity index (χ1n) is 10.3. The molecule has 34 heavy (non-hydrogen) atoms. The Balaban J connectivity index is 0.000000509. The molecule has 1 aliphatic heterocycles. The molecule has 182 valence electrons. The highest BCUT2D eigenvalue weighted by Gasteiger charge is 2.38. The van der Waals surface area contributed by atoms with Gasteiger partial charge in [-0.3, -0.25) is 4.79 Å². The summed E-state index contributed by atoms with van der Waals surface area (Å²) in [4.78, 5) is 29.4. The van der Waals surface area contributed by atoms with Crippen LogP contribution in [0.15, 0.2) is 36.7 Å². The van der Waals surface area contributed by atoms with E-state index in [2.05, 4.69) is 26.7 Å². The number of piperidine rings is 1. The summed E-state index contributed by atoms with van der Waals surface area (Å²) in [5, 5.41) is 22.6. The number of nitriles is 1. The quantitative estimate of drug-likeness (QED) is 0.575. The maximum absolute atomic E-state index is 12.3. The molecule has 12 heteroatoms. The van der Waals surface area contributed by atoms with Gasteiger partial charge in [-0.05, 0) is 30.5 Å². The van der Waals surface area contributed by atoms with Gasteiger partial charge in [0.05, 0.1) is 19.2 Å². The number of rotatable bonds is 6. The maximum atomic E-state index is 12.3. The molecule has 2 atom stereocenters. The fourth-order valence-electron chi connectivity index (χ4n) is 3.12. The van der Waals surface area contributed by atoms with Crippen molar-refractivity contribution in [2.24, 2.45) is 0 Å². The van der Waals surface area contributed by atoms with Crippen molar-refractivity contribution in [2.75, 3.05) is 13.7 Å². The third-order valence-electron chi connectivity index (χ3n) is 4.88. The second-order valence-corrected chi connectivity index (χ2v) is 7.36. The van der Waals surface area contributed by atoms with E-state index < -0.39 is 18.2 Å². The van der Waals surface area contributed by atoms with Crippen LogP contribution in [0.3, 0.4) is 0 Å². The number of carboxylic acid groups (broad SMARTS) is 1. The predicted molar refractivity (Wildman–Crippen MR) is 115 cm³/mol. The van der Waals surface area contributed by atoms with Crippen molar-refractivity contribution in [3.05, 3.63) is 42.2 Å². The zero-order valence-corrected chi connectivity index (χ0v) is 18.3. The first-order valence-corrected chi connectivity index (χ1v) is 10.3. The topological polar surface area (TPSA) is 137 Å². The molecule has 1 saturated heterocycles. The van der Waals surface area contributed by atoms with Gasteiger partial charge in [0.25, 0.3) is 0 Å². The van der Waals surface area contributed by atoms with Gasteiger partial charge in [0.15, 0.2) is 0 Å². The highest BCUT2D eigenvalue weighted by atomic mass is 19.4. The molecule has 0 saturated carbocycles. The Morgan fingerprint density at radius 1 is 1.24 bits per heavy atom. The minimum atomic E-state index is -5.08. The Morgan fingerprint density at radius 3 is 2.32 bits per heavy atom. The summed E-state index contributed by atoms with van der Waals surface area (Å²) in [7, 11) is 1.53. The van der Waals surface area contributed by atoms with E-state index in [1.54, 1.807) is 12.4 Å². The lowest BCUT2D eigenvalue weighted by molar-refractivity contribution is -0.192. The summed E-state index contributed by atoms with van der Waals surface area (Å²) in [6, 6.07) is 9.60. The standard InChI is InChI=1S/C20H23N5O2.C2HF3O2/c1-27-20-23-12-16(13-24-20)15-7-5-14(6-8-15)10-17(11-21)25-19(26)18-4-2-3-9-22-18;3-2(4,5)1(6)7/h5-8,12-13,17-18,22H,2-4,9-10H2,1H3,(H,25,26);(H,6,7)/t17-,18-;/m0./s1. The van der Waals surface area contributed by atoms with Crippen molar-refractivity contribution in [3.8, 4) is 23.2 Å². The van der Waals surface area contributed by atoms with E-state index in [4.69, 9.17) is 14.6 Å². The number of carboxylic acids is 1. The number of hydrogen-bond acceptors (Lipinski definition) is 7. The highest BCUT2D eigenvalue weighted by molar-refractivity contribution is 5.82. The number of carbonyl (C=O) groups is 2. The molecule has 0 unspecified atom stereocenters. The Morgan fingerprint density at radius 2 is 1.85 bits per heavy atom. The normalized spacial score (nSPS) is 16.3. The van der Waals surface area contributed by atoms with E-state index in [1.807, 2.05) is 24.3 Å². The number of nitrogens with one attached hydrogen (secondary N) is 2. The average molecular weight is 479 g/mol. The number of nitrogens with zero attached hydrogens (tertiary/aromatic N) is 3. The number of benzene rings is 1. The molecule has 2 heterocycles. The van der Waals surface area contributed by atoms with Crippen LogP contribution in [0.2, 0.25) is 0 Å². The van der Waals surface area contributed by atoms with Crippen LogP contribution in [-0.2, 0) is 16.0 Å². The van der Waals surface area contributed by atoms with E-state index >= 15 is 0 Å². The van der Waals surface area contributed by atoms with Crippen molar-refractivity contribution in [1.82, 2.24) is 20.6 Å². The fraction of sp³-hybridized carbons (Fsp3) is 0.409. The van der Waals surface area contributed by atoms with Crippen LogP contribution >= 0.6 is 0 Å². The van der Waals surface area contributed by atoms with Crippen LogP contribution in [-0.4, -0.2) is 58.9 Å². The summed E-state index contributed by atoms with van der Waals surface area (Å²) >= 11 is 0. The van der Waals surface area contributed by atoms with Gasteiger partial charge in [0.1, 0.15) is 6.04 Å². The Labute approximate surface area is 194 Å². The predicted octanol–water partition coefficient (Wildman–Crippen LogP) is 2.48. The molecule has 1 aromatic carbocycles. The minimum absolute atomic E-state index is 0.0896. The minimum Gasteiger partial charge on any atom is -0.475 e.